The largest absolute Gasteiger partial charge is 0.301 e. The van der Waals surface area contributed by atoms with Crippen molar-refractivity contribution in [1.82, 2.24) is 9.55 Å². The molecular formula is C13H16FN3O2S. The molecule has 0 fully saturated rings. The van der Waals surface area contributed by atoms with Gasteiger partial charge in [0.15, 0.2) is 0 Å². The topological polar surface area (TPSA) is 64.0 Å². The third kappa shape index (κ3) is 3.16. The molecule has 0 amide bonds. The SMILES string of the molecule is CCCS(=O)(=O)Nc1ccc(-n2ccnc2C)c(F)c1. The Bertz CT molecular complexity index is 710. The van der Waals surface area contributed by atoms with Gasteiger partial charge in [0.2, 0.25) is 10.0 Å². The summed E-state index contributed by atoms with van der Waals surface area (Å²) in [6, 6.07) is 4.22. The van der Waals surface area contributed by atoms with Crippen LogP contribution in [0.1, 0.15) is 19.2 Å². The summed E-state index contributed by atoms with van der Waals surface area (Å²) >= 11 is 0. The first-order valence-electron chi connectivity index (χ1n) is 6.23. The molecule has 0 saturated carbocycles. The van der Waals surface area contributed by atoms with Crippen LogP contribution in [0.2, 0.25) is 0 Å². The number of anilines is 1. The van der Waals surface area contributed by atoms with Crippen molar-refractivity contribution in [3.05, 3.63) is 42.2 Å². The number of aryl methyl sites for hydroxylation is 1. The van der Waals surface area contributed by atoms with Crippen molar-refractivity contribution in [1.29, 1.82) is 0 Å². The maximum atomic E-state index is 14.1. The number of halogens is 1. The number of nitrogens with one attached hydrogen (secondary N) is 1. The standard InChI is InChI=1S/C13H16FN3O2S/c1-3-8-20(18,19)16-11-4-5-13(12(14)9-11)17-7-6-15-10(17)2/h4-7,9,16H,3,8H2,1-2H3. The number of sulfonamides is 1. The van der Waals surface area contributed by atoms with Crippen LogP contribution in [-0.2, 0) is 10.0 Å². The summed E-state index contributed by atoms with van der Waals surface area (Å²) in [5, 5.41) is 0. The van der Waals surface area contributed by atoms with Crippen molar-refractivity contribution in [2.24, 2.45) is 0 Å². The van der Waals surface area contributed by atoms with E-state index in [1.165, 1.54) is 18.2 Å². The average molecular weight is 297 g/mol. The van der Waals surface area contributed by atoms with Crippen LogP contribution in [0.15, 0.2) is 30.6 Å². The Kier molecular flexibility index (Phi) is 4.08. The quantitative estimate of drug-likeness (QED) is 0.922. The van der Waals surface area contributed by atoms with Gasteiger partial charge in [0.05, 0.1) is 17.1 Å². The average Bonchev–Trinajstić information content (AvgIpc) is 2.75. The zero-order valence-corrected chi connectivity index (χ0v) is 12.1. The Morgan fingerprint density at radius 1 is 1.40 bits per heavy atom. The van der Waals surface area contributed by atoms with Crippen LogP contribution in [-0.4, -0.2) is 23.7 Å². The maximum absolute atomic E-state index is 14.1. The molecule has 108 valence electrons. The minimum atomic E-state index is -3.41. The molecule has 1 N–H and O–H groups in total. The molecule has 0 bridgehead atoms. The smallest absolute Gasteiger partial charge is 0.232 e. The van der Waals surface area contributed by atoms with Crippen molar-refractivity contribution < 1.29 is 12.8 Å². The van der Waals surface area contributed by atoms with E-state index in [4.69, 9.17) is 0 Å². The first kappa shape index (κ1) is 14.5. The summed E-state index contributed by atoms with van der Waals surface area (Å²) in [6.07, 6.45) is 3.73. The number of benzene rings is 1. The Morgan fingerprint density at radius 3 is 2.70 bits per heavy atom. The first-order valence-corrected chi connectivity index (χ1v) is 7.88. The Labute approximate surface area is 117 Å². The van der Waals surface area contributed by atoms with Gasteiger partial charge in [-0.05, 0) is 25.5 Å². The summed E-state index contributed by atoms with van der Waals surface area (Å²) in [5.41, 5.74) is 0.552. The molecular weight excluding hydrogens is 281 g/mol. The number of hydrogen-bond donors (Lipinski definition) is 1. The fourth-order valence-electron chi connectivity index (χ4n) is 1.90. The third-order valence-electron chi connectivity index (χ3n) is 2.78. The molecule has 1 aromatic heterocycles. The fourth-order valence-corrected chi connectivity index (χ4v) is 3.02. The van der Waals surface area contributed by atoms with Gasteiger partial charge in [0.25, 0.3) is 0 Å². The lowest BCUT2D eigenvalue weighted by Gasteiger charge is -2.10. The first-order chi connectivity index (χ1) is 9.43. The van der Waals surface area contributed by atoms with Gasteiger partial charge in [-0.1, -0.05) is 6.92 Å². The van der Waals surface area contributed by atoms with Crippen molar-refractivity contribution in [2.45, 2.75) is 20.3 Å². The monoisotopic (exact) mass is 297 g/mol. The predicted molar refractivity (Wildman–Crippen MR) is 76.0 cm³/mol. The summed E-state index contributed by atoms with van der Waals surface area (Å²) in [7, 11) is -3.41. The minimum absolute atomic E-state index is 0.0109. The van der Waals surface area contributed by atoms with E-state index in [1.807, 2.05) is 0 Å². The molecule has 0 aliphatic rings. The molecule has 0 atom stereocenters. The molecule has 2 aromatic rings. The van der Waals surface area contributed by atoms with E-state index < -0.39 is 15.8 Å². The van der Waals surface area contributed by atoms with E-state index in [2.05, 4.69) is 9.71 Å². The van der Waals surface area contributed by atoms with E-state index in [-0.39, 0.29) is 11.4 Å². The second-order valence-corrected chi connectivity index (χ2v) is 6.27. The van der Waals surface area contributed by atoms with Gasteiger partial charge in [-0.2, -0.15) is 0 Å². The number of imidazole rings is 1. The molecule has 0 saturated heterocycles. The molecule has 2 rings (SSSR count). The lowest BCUT2D eigenvalue weighted by molar-refractivity contribution is 0.599. The molecule has 7 heteroatoms. The van der Waals surface area contributed by atoms with Gasteiger partial charge >= 0.3 is 0 Å². The highest BCUT2D eigenvalue weighted by Crippen LogP contribution is 2.20. The van der Waals surface area contributed by atoms with Crippen molar-refractivity contribution in [3.63, 3.8) is 0 Å². The number of rotatable bonds is 5. The summed E-state index contributed by atoms with van der Waals surface area (Å²) in [5.74, 6) is 0.155. The Morgan fingerprint density at radius 2 is 2.15 bits per heavy atom. The number of nitrogens with zero attached hydrogens (tertiary/aromatic N) is 2. The normalized spacial score (nSPS) is 11.6. The minimum Gasteiger partial charge on any atom is -0.301 e. The van der Waals surface area contributed by atoms with E-state index in [9.17, 15) is 12.8 Å². The molecule has 0 unspecified atom stereocenters. The van der Waals surface area contributed by atoms with E-state index in [0.29, 0.717) is 17.9 Å². The number of hydrogen-bond acceptors (Lipinski definition) is 3. The third-order valence-corrected chi connectivity index (χ3v) is 4.27. The van der Waals surface area contributed by atoms with Gasteiger partial charge in [0.1, 0.15) is 11.6 Å². The van der Waals surface area contributed by atoms with Crippen LogP contribution in [0.5, 0.6) is 0 Å². The van der Waals surface area contributed by atoms with Crippen molar-refractivity contribution in [2.75, 3.05) is 10.5 Å². The van der Waals surface area contributed by atoms with Crippen LogP contribution in [0.25, 0.3) is 5.69 Å². The molecule has 0 aliphatic carbocycles. The van der Waals surface area contributed by atoms with Crippen LogP contribution in [0.3, 0.4) is 0 Å². The van der Waals surface area contributed by atoms with Crippen molar-refractivity contribution in [3.8, 4) is 5.69 Å². The number of aromatic nitrogens is 2. The zero-order chi connectivity index (χ0) is 14.8. The molecule has 0 spiro atoms. The second kappa shape index (κ2) is 5.62. The molecule has 5 nitrogen and oxygen atoms in total. The summed E-state index contributed by atoms with van der Waals surface area (Å²) in [4.78, 5) is 4.03. The van der Waals surface area contributed by atoms with Crippen LogP contribution in [0, 0.1) is 12.7 Å². The van der Waals surface area contributed by atoms with Gasteiger partial charge < -0.3 is 4.57 Å². The highest BCUT2D eigenvalue weighted by Gasteiger charge is 2.12. The molecule has 1 heterocycles. The lowest BCUT2D eigenvalue weighted by atomic mass is 10.2. The summed E-state index contributed by atoms with van der Waals surface area (Å²) < 4.78 is 41.3. The molecule has 1 aromatic carbocycles. The zero-order valence-electron chi connectivity index (χ0n) is 11.3. The Hall–Kier alpha value is -1.89. The summed E-state index contributed by atoms with van der Waals surface area (Å²) in [6.45, 7) is 3.53. The maximum Gasteiger partial charge on any atom is 0.232 e. The van der Waals surface area contributed by atoms with Gasteiger partial charge in [-0.3, -0.25) is 4.72 Å². The highest BCUT2D eigenvalue weighted by atomic mass is 32.2. The van der Waals surface area contributed by atoms with Gasteiger partial charge in [-0.15, -0.1) is 0 Å². The fraction of sp³-hybridized carbons (Fsp3) is 0.308. The van der Waals surface area contributed by atoms with E-state index >= 15 is 0 Å². The second-order valence-electron chi connectivity index (χ2n) is 4.43. The highest BCUT2D eigenvalue weighted by molar-refractivity contribution is 7.92. The molecule has 0 radical (unpaired) electrons. The van der Waals surface area contributed by atoms with E-state index in [1.54, 1.807) is 30.8 Å². The lowest BCUT2D eigenvalue weighted by Crippen LogP contribution is -2.16. The van der Waals surface area contributed by atoms with Crippen LogP contribution in [0.4, 0.5) is 10.1 Å². The predicted octanol–water partition coefficient (Wildman–Crippen LogP) is 2.47. The van der Waals surface area contributed by atoms with Crippen molar-refractivity contribution >= 4 is 15.7 Å². The van der Waals surface area contributed by atoms with E-state index in [0.717, 1.165) is 0 Å². The van der Waals surface area contributed by atoms with Gasteiger partial charge in [-0.25, -0.2) is 17.8 Å². The van der Waals surface area contributed by atoms with Crippen LogP contribution < -0.4 is 4.72 Å². The Balaban J connectivity index is 2.29. The molecule has 20 heavy (non-hydrogen) atoms. The van der Waals surface area contributed by atoms with Gasteiger partial charge in [0, 0.05) is 18.5 Å². The molecule has 0 aliphatic heterocycles. The van der Waals surface area contributed by atoms with Crippen LogP contribution >= 0.6 is 0 Å².